The number of benzene rings is 2. The molecule has 0 spiro atoms. The molecule has 0 saturated carbocycles. The van der Waals surface area contributed by atoms with Crippen molar-refractivity contribution in [2.24, 2.45) is 5.92 Å². The molecule has 1 atom stereocenters. The topological polar surface area (TPSA) is 110 Å². The molecule has 8 nitrogen and oxygen atoms in total. The van der Waals surface area contributed by atoms with Gasteiger partial charge in [0, 0.05) is 24.8 Å². The zero-order valence-electron chi connectivity index (χ0n) is 21.5. The van der Waals surface area contributed by atoms with Gasteiger partial charge in [-0.2, -0.15) is 5.26 Å². The number of fused-ring (bicyclic) bond motifs is 1. The van der Waals surface area contributed by atoms with Crippen molar-refractivity contribution in [1.82, 2.24) is 19.4 Å². The lowest BCUT2D eigenvalue weighted by atomic mass is 10.1. The van der Waals surface area contributed by atoms with E-state index in [-0.39, 0.29) is 23.4 Å². The van der Waals surface area contributed by atoms with E-state index >= 15 is 0 Å². The summed E-state index contributed by atoms with van der Waals surface area (Å²) in [6.07, 6.45) is 6.97. The maximum atomic E-state index is 13.2. The second-order valence-electron chi connectivity index (χ2n) is 9.82. The van der Waals surface area contributed by atoms with Crippen molar-refractivity contribution in [3.05, 3.63) is 78.8 Å². The molecule has 1 fully saturated rings. The molecule has 8 heteroatoms. The minimum absolute atomic E-state index is 0.0484. The third-order valence-electron chi connectivity index (χ3n) is 6.72. The third kappa shape index (κ3) is 5.09. The molecule has 2 N–H and O–H groups in total. The van der Waals surface area contributed by atoms with Gasteiger partial charge in [-0.3, -0.25) is 4.79 Å². The fraction of sp³-hybridized carbons (Fsp3) is 0.267. The van der Waals surface area contributed by atoms with Gasteiger partial charge in [-0.05, 0) is 48.6 Å². The van der Waals surface area contributed by atoms with Crippen LogP contribution >= 0.6 is 0 Å². The Balaban J connectivity index is 1.44. The van der Waals surface area contributed by atoms with E-state index < -0.39 is 0 Å². The van der Waals surface area contributed by atoms with Crippen molar-refractivity contribution >= 4 is 22.8 Å². The number of likely N-dealkylation sites (tertiary alicyclic amines) is 1. The average molecular weight is 507 g/mol. The van der Waals surface area contributed by atoms with Crippen LogP contribution in [0.2, 0.25) is 0 Å². The Hall–Kier alpha value is -4.64. The van der Waals surface area contributed by atoms with E-state index in [9.17, 15) is 10.1 Å². The molecule has 0 aliphatic carbocycles. The number of nitriles is 1. The molecule has 192 valence electrons. The Morgan fingerprint density at radius 1 is 1.16 bits per heavy atom. The maximum absolute atomic E-state index is 13.2. The highest BCUT2D eigenvalue weighted by atomic mass is 16.5. The van der Waals surface area contributed by atoms with Gasteiger partial charge >= 0.3 is 0 Å². The molecule has 3 heterocycles. The van der Waals surface area contributed by atoms with Crippen molar-refractivity contribution in [3.8, 4) is 28.7 Å². The Kier molecular flexibility index (Phi) is 7.09. The van der Waals surface area contributed by atoms with Gasteiger partial charge in [0.2, 0.25) is 0 Å². The number of hydrogen-bond acceptors (Lipinski definition) is 6. The first-order chi connectivity index (χ1) is 18.4. The Morgan fingerprint density at radius 2 is 1.89 bits per heavy atom. The number of allylic oxidation sites excluding steroid dienone is 1. The second kappa shape index (κ2) is 10.8. The molecule has 38 heavy (non-hydrogen) atoms. The first-order valence-corrected chi connectivity index (χ1v) is 12.8. The molecule has 0 unspecified atom stereocenters. The Bertz CT molecular complexity index is 1520. The summed E-state index contributed by atoms with van der Waals surface area (Å²) in [5.74, 6) is 1.82. The van der Waals surface area contributed by atoms with E-state index in [1.807, 2.05) is 84.1 Å². The van der Waals surface area contributed by atoms with Crippen LogP contribution in [0.15, 0.2) is 78.8 Å². The quantitative estimate of drug-likeness (QED) is 0.259. The van der Waals surface area contributed by atoms with Gasteiger partial charge in [0.25, 0.3) is 5.91 Å². The summed E-state index contributed by atoms with van der Waals surface area (Å²) in [5, 5.41) is 10.3. The highest BCUT2D eigenvalue weighted by Gasteiger charge is 2.31. The van der Waals surface area contributed by atoms with Gasteiger partial charge in [-0.25, -0.2) is 9.97 Å². The van der Waals surface area contributed by atoms with E-state index in [4.69, 9.17) is 10.5 Å². The molecule has 1 saturated heterocycles. The number of para-hydroxylation sites is 1. The zero-order chi connectivity index (χ0) is 26.6. The number of nitrogens with zero attached hydrogens (tertiary/aromatic N) is 5. The number of ether oxygens (including phenoxy) is 1. The number of nitrogen functional groups attached to an aromatic ring is 1. The lowest BCUT2D eigenvalue weighted by Gasteiger charge is -2.25. The number of aromatic nitrogens is 3. The third-order valence-corrected chi connectivity index (χ3v) is 6.72. The number of amides is 1. The van der Waals surface area contributed by atoms with Crippen molar-refractivity contribution < 1.29 is 9.53 Å². The van der Waals surface area contributed by atoms with Crippen LogP contribution in [-0.4, -0.2) is 37.9 Å². The summed E-state index contributed by atoms with van der Waals surface area (Å²) in [7, 11) is 0. The highest BCUT2D eigenvalue weighted by Crippen LogP contribution is 2.35. The SMILES string of the molecule is CC(C)/C=C(\C#N)C(=O)N1CCC[C@H]1Cn1cc(-c2ccc(Oc3ccccc3)cc2)c2c(N)ncnc21. The molecule has 1 aliphatic rings. The number of rotatable bonds is 7. The molecular weight excluding hydrogens is 476 g/mol. The number of carbonyl (C=O) groups excluding carboxylic acids is 1. The van der Waals surface area contributed by atoms with E-state index in [0.717, 1.165) is 46.5 Å². The minimum atomic E-state index is -0.205. The molecule has 2 aromatic carbocycles. The van der Waals surface area contributed by atoms with Crippen molar-refractivity contribution in [3.63, 3.8) is 0 Å². The molecular formula is C30H30N6O2. The Labute approximate surface area is 222 Å². The number of carbonyl (C=O) groups is 1. The van der Waals surface area contributed by atoms with Gasteiger partial charge in [0.1, 0.15) is 40.9 Å². The normalized spacial score (nSPS) is 15.7. The van der Waals surface area contributed by atoms with Gasteiger partial charge in [0.15, 0.2) is 0 Å². The number of nitrogens with two attached hydrogens (primary N) is 1. The summed E-state index contributed by atoms with van der Waals surface area (Å²) >= 11 is 0. The predicted molar refractivity (Wildman–Crippen MR) is 147 cm³/mol. The molecule has 1 aliphatic heterocycles. The van der Waals surface area contributed by atoms with Crippen LogP contribution in [0.25, 0.3) is 22.2 Å². The lowest BCUT2D eigenvalue weighted by Crippen LogP contribution is -2.38. The van der Waals surface area contributed by atoms with Crippen LogP contribution < -0.4 is 10.5 Å². The van der Waals surface area contributed by atoms with Crippen LogP contribution in [0.4, 0.5) is 5.82 Å². The summed E-state index contributed by atoms with van der Waals surface area (Å²) < 4.78 is 7.99. The van der Waals surface area contributed by atoms with Crippen LogP contribution in [-0.2, 0) is 11.3 Å². The number of anilines is 1. The molecule has 0 radical (unpaired) electrons. The average Bonchev–Trinajstić information content (AvgIpc) is 3.54. The van der Waals surface area contributed by atoms with Gasteiger partial charge in [-0.15, -0.1) is 0 Å². The van der Waals surface area contributed by atoms with Crippen LogP contribution in [0.3, 0.4) is 0 Å². The first kappa shape index (κ1) is 25.0. The van der Waals surface area contributed by atoms with E-state index in [1.54, 1.807) is 6.08 Å². The summed E-state index contributed by atoms with van der Waals surface area (Å²) in [4.78, 5) is 23.8. The van der Waals surface area contributed by atoms with Crippen molar-refractivity contribution in [1.29, 1.82) is 5.26 Å². The first-order valence-electron chi connectivity index (χ1n) is 12.8. The summed E-state index contributed by atoms with van der Waals surface area (Å²) in [6.45, 7) is 5.11. The second-order valence-corrected chi connectivity index (χ2v) is 9.82. The molecule has 5 rings (SSSR count). The molecule has 1 amide bonds. The van der Waals surface area contributed by atoms with Crippen molar-refractivity contribution in [2.75, 3.05) is 12.3 Å². The standard InChI is InChI=1S/C30H30N6O2/c1-20(2)15-22(16-31)30(37)36-14-6-7-23(36)17-35-18-26(27-28(32)33-19-34-29(27)35)21-10-12-25(13-11-21)38-24-8-4-3-5-9-24/h3-5,8-13,15,18-20,23H,6-7,14,17H2,1-2H3,(H2,32,33,34)/b22-15+/t23-/m0/s1. The Morgan fingerprint density at radius 3 is 2.61 bits per heavy atom. The molecule has 2 aromatic heterocycles. The predicted octanol–water partition coefficient (Wildman–Crippen LogP) is 5.57. The zero-order valence-corrected chi connectivity index (χ0v) is 21.5. The highest BCUT2D eigenvalue weighted by molar-refractivity contribution is 6.01. The van der Waals surface area contributed by atoms with Crippen LogP contribution in [0, 0.1) is 17.2 Å². The fourth-order valence-electron chi connectivity index (χ4n) is 5.00. The van der Waals surface area contributed by atoms with E-state index in [0.29, 0.717) is 18.9 Å². The van der Waals surface area contributed by atoms with Crippen LogP contribution in [0.1, 0.15) is 26.7 Å². The van der Waals surface area contributed by atoms with Crippen molar-refractivity contribution in [2.45, 2.75) is 39.3 Å². The molecule has 0 bridgehead atoms. The van der Waals surface area contributed by atoms with E-state index in [1.165, 1.54) is 6.33 Å². The van der Waals surface area contributed by atoms with Gasteiger partial charge in [0.05, 0.1) is 11.4 Å². The number of hydrogen-bond donors (Lipinski definition) is 1. The molecule has 4 aromatic rings. The minimum Gasteiger partial charge on any atom is -0.457 e. The van der Waals surface area contributed by atoms with E-state index in [2.05, 4.69) is 16.0 Å². The summed E-state index contributed by atoms with van der Waals surface area (Å²) in [5.41, 5.74) is 9.13. The monoisotopic (exact) mass is 506 g/mol. The fourth-order valence-corrected chi connectivity index (χ4v) is 5.00. The lowest BCUT2D eigenvalue weighted by molar-refractivity contribution is -0.127. The maximum Gasteiger partial charge on any atom is 0.264 e. The van der Waals surface area contributed by atoms with Gasteiger partial charge < -0.3 is 19.9 Å². The van der Waals surface area contributed by atoms with Crippen LogP contribution in [0.5, 0.6) is 11.5 Å². The largest absolute Gasteiger partial charge is 0.457 e. The van der Waals surface area contributed by atoms with Gasteiger partial charge in [-0.1, -0.05) is 50.3 Å². The summed E-state index contributed by atoms with van der Waals surface area (Å²) in [6, 6.07) is 19.5. The smallest absolute Gasteiger partial charge is 0.264 e.